The van der Waals surface area contributed by atoms with E-state index in [1.807, 2.05) is 36.4 Å². The molecule has 106 valence electrons. The van der Waals surface area contributed by atoms with Crippen LogP contribution in [0.25, 0.3) is 10.8 Å². The van der Waals surface area contributed by atoms with Crippen LogP contribution in [0.1, 0.15) is 17.2 Å². The third-order valence-corrected chi connectivity index (χ3v) is 4.19. The fourth-order valence-electron chi connectivity index (χ4n) is 2.43. The highest BCUT2D eigenvalue weighted by Gasteiger charge is 2.09. The monoisotopic (exact) mass is 341 g/mol. The molecule has 3 rings (SSSR count). The van der Waals surface area contributed by atoms with Crippen LogP contribution in [0.3, 0.4) is 0 Å². The SMILES string of the molecule is COc1ccc2cc(C(N)c3ccc(Br)cc3)ccc2c1. The van der Waals surface area contributed by atoms with Gasteiger partial charge in [0.1, 0.15) is 5.75 Å². The van der Waals surface area contributed by atoms with Crippen molar-refractivity contribution >= 4 is 26.7 Å². The summed E-state index contributed by atoms with van der Waals surface area (Å²) in [6.07, 6.45) is 0. The largest absolute Gasteiger partial charge is 0.497 e. The van der Waals surface area contributed by atoms with Crippen LogP contribution in [0, 0.1) is 0 Å². The highest BCUT2D eigenvalue weighted by molar-refractivity contribution is 9.10. The van der Waals surface area contributed by atoms with E-state index in [1.165, 1.54) is 5.39 Å². The summed E-state index contributed by atoms with van der Waals surface area (Å²) in [6, 6.07) is 20.4. The molecular formula is C18H16BrNO. The van der Waals surface area contributed by atoms with Crippen LogP contribution in [0.15, 0.2) is 65.1 Å². The molecule has 0 aliphatic carbocycles. The predicted molar refractivity (Wildman–Crippen MR) is 90.7 cm³/mol. The fourth-order valence-corrected chi connectivity index (χ4v) is 2.69. The maximum Gasteiger partial charge on any atom is 0.119 e. The summed E-state index contributed by atoms with van der Waals surface area (Å²) >= 11 is 3.44. The first-order valence-corrected chi connectivity index (χ1v) is 7.55. The second-order valence-corrected chi connectivity index (χ2v) is 5.92. The summed E-state index contributed by atoms with van der Waals surface area (Å²) in [6.45, 7) is 0. The summed E-state index contributed by atoms with van der Waals surface area (Å²) in [5.74, 6) is 0.868. The van der Waals surface area contributed by atoms with Crippen molar-refractivity contribution in [2.45, 2.75) is 6.04 Å². The quantitative estimate of drug-likeness (QED) is 0.751. The Kier molecular flexibility index (Phi) is 3.95. The molecule has 0 aliphatic rings. The van der Waals surface area contributed by atoms with Crippen molar-refractivity contribution in [2.24, 2.45) is 5.73 Å². The van der Waals surface area contributed by atoms with Crippen LogP contribution in [-0.4, -0.2) is 7.11 Å². The molecular weight excluding hydrogens is 326 g/mol. The molecule has 3 aromatic rings. The number of ether oxygens (including phenoxy) is 1. The van der Waals surface area contributed by atoms with Crippen LogP contribution in [0.5, 0.6) is 5.75 Å². The molecule has 2 nitrogen and oxygen atoms in total. The van der Waals surface area contributed by atoms with Gasteiger partial charge in [0.2, 0.25) is 0 Å². The van der Waals surface area contributed by atoms with Crippen molar-refractivity contribution < 1.29 is 4.74 Å². The lowest BCUT2D eigenvalue weighted by Crippen LogP contribution is -2.11. The minimum Gasteiger partial charge on any atom is -0.497 e. The van der Waals surface area contributed by atoms with Crippen molar-refractivity contribution in [2.75, 3.05) is 7.11 Å². The molecule has 1 unspecified atom stereocenters. The van der Waals surface area contributed by atoms with Gasteiger partial charge in [-0.2, -0.15) is 0 Å². The molecule has 1 atom stereocenters. The molecule has 0 radical (unpaired) electrons. The van der Waals surface area contributed by atoms with Gasteiger partial charge >= 0.3 is 0 Å². The number of methoxy groups -OCH3 is 1. The van der Waals surface area contributed by atoms with E-state index in [1.54, 1.807) is 7.11 Å². The zero-order chi connectivity index (χ0) is 14.8. The molecule has 0 spiro atoms. The molecule has 0 aliphatic heterocycles. The van der Waals surface area contributed by atoms with Gasteiger partial charge in [0, 0.05) is 4.47 Å². The molecule has 0 fully saturated rings. The van der Waals surface area contributed by atoms with Gasteiger partial charge in [0.25, 0.3) is 0 Å². The lowest BCUT2D eigenvalue weighted by atomic mass is 9.97. The molecule has 2 N–H and O–H groups in total. The maximum absolute atomic E-state index is 6.37. The Morgan fingerprint density at radius 3 is 2.19 bits per heavy atom. The molecule has 0 aromatic heterocycles. The number of nitrogens with two attached hydrogens (primary N) is 1. The van der Waals surface area contributed by atoms with Gasteiger partial charge in [-0.3, -0.25) is 0 Å². The van der Waals surface area contributed by atoms with Gasteiger partial charge in [-0.05, 0) is 52.2 Å². The van der Waals surface area contributed by atoms with Gasteiger partial charge in [0.15, 0.2) is 0 Å². The van der Waals surface area contributed by atoms with Crippen LogP contribution >= 0.6 is 15.9 Å². The number of halogens is 1. The molecule has 3 aromatic carbocycles. The lowest BCUT2D eigenvalue weighted by molar-refractivity contribution is 0.415. The second-order valence-electron chi connectivity index (χ2n) is 5.00. The number of hydrogen-bond donors (Lipinski definition) is 1. The zero-order valence-electron chi connectivity index (χ0n) is 11.7. The van der Waals surface area contributed by atoms with Crippen LogP contribution in [0.2, 0.25) is 0 Å². The van der Waals surface area contributed by atoms with Crippen molar-refractivity contribution in [3.8, 4) is 5.75 Å². The summed E-state index contributed by atoms with van der Waals surface area (Å²) in [5, 5.41) is 2.32. The van der Waals surface area contributed by atoms with E-state index in [2.05, 4.69) is 40.2 Å². The molecule has 0 bridgehead atoms. The van der Waals surface area contributed by atoms with Gasteiger partial charge in [0.05, 0.1) is 13.2 Å². The maximum atomic E-state index is 6.37. The van der Waals surface area contributed by atoms with Crippen LogP contribution < -0.4 is 10.5 Å². The number of benzene rings is 3. The number of fused-ring (bicyclic) bond motifs is 1. The summed E-state index contributed by atoms with van der Waals surface area (Å²) < 4.78 is 6.31. The van der Waals surface area contributed by atoms with Gasteiger partial charge in [-0.15, -0.1) is 0 Å². The van der Waals surface area contributed by atoms with Crippen molar-refractivity contribution in [1.29, 1.82) is 0 Å². The Morgan fingerprint density at radius 2 is 1.48 bits per heavy atom. The van der Waals surface area contributed by atoms with Crippen molar-refractivity contribution in [3.05, 3.63) is 76.3 Å². The van der Waals surface area contributed by atoms with E-state index >= 15 is 0 Å². The van der Waals surface area contributed by atoms with E-state index in [4.69, 9.17) is 10.5 Å². The summed E-state index contributed by atoms with van der Waals surface area (Å²) in [7, 11) is 1.68. The van der Waals surface area contributed by atoms with Gasteiger partial charge in [-0.25, -0.2) is 0 Å². The van der Waals surface area contributed by atoms with E-state index in [9.17, 15) is 0 Å². The smallest absolute Gasteiger partial charge is 0.119 e. The fraction of sp³-hybridized carbons (Fsp3) is 0.111. The highest BCUT2D eigenvalue weighted by Crippen LogP contribution is 2.27. The van der Waals surface area contributed by atoms with Crippen LogP contribution in [-0.2, 0) is 0 Å². The highest BCUT2D eigenvalue weighted by atomic mass is 79.9. The molecule has 0 amide bonds. The third kappa shape index (κ3) is 2.94. The lowest BCUT2D eigenvalue weighted by Gasteiger charge is -2.14. The second kappa shape index (κ2) is 5.88. The molecule has 0 saturated carbocycles. The predicted octanol–water partition coefficient (Wildman–Crippen LogP) is 4.66. The summed E-state index contributed by atoms with van der Waals surface area (Å²) in [5.41, 5.74) is 8.58. The average Bonchev–Trinajstić information content (AvgIpc) is 2.54. The molecule has 21 heavy (non-hydrogen) atoms. The van der Waals surface area contributed by atoms with Crippen molar-refractivity contribution in [1.82, 2.24) is 0 Å². The minimum absolute atomic E-state index is 0.121. The average molecular weight is 342 g/mol. The first-order valence-electron chi connectivity index (χ1n) is 6.76. The van der Waals surface area contributed by atoms with Gasteiger partial charge < -0.3 is 10.5 Å². The van der Waals surface area contributed by atoms with Crippen molar-refractivity contribution in [3.63, 3.8) is 0 Å². The first-order chi connectivity index (χ1) is 10.2. The Morgan fingerprint density at radius 1 is 0.857 bits per heavy atom. The standard InChI is InChI=1S/C18H16BrNO/c1-21-17-9-6-13-10-15(3-2-14(13)11-17)18(20)12-4-7-16(19)8-5-12/h2-11,18H,20H2,1H3. The van der Waals surface area contributed by atoms with Crippen LogP contribution in [0.4, 0.5) is 0 Å². The van der Waals surface area contributed by atoms with E-state index < -0.39 is 0 Å². The molecule has 0 saturated heterocycles. The Hall–Kier alpha value is -1.84. The molecule has 0 heterocycles. The third-order valence-electron chi connectivity index (χ3n) is 3.66. The Bertz CT molecular complexity index is 768. The normalized spacial score (nSPS) is 12.3. The van der Waals surface area contributed by atoms with E-state index in [-0.39, 0.29) is 6.04 Å². The Balaban J connectivity index is 1.98. The number of rotatable bonds is 3. The number of hydrogen-bond acceptors (Lipinski definition) is 2. The first kappa shape index (κ1) is 14.1. The summed E-state index contributed by atoms with van der Waals surface area (Å²) in [4.78, 5) is 0. The van der Waals surface area contributed by atoms with Gasteiger partial charge in [-0.1, -0.05) is 46.3 Å². The minimum atomic E-state index is -0.121. The zero-order valence-corrected chi connectivity index (χ0v) is 13.3. The Labute approximate surface area is 132 Å². The molecule has 3 heteroatoms. The van der Waals surface area contributed by atoms with E-state index in [0.717, 1.165) is 26.7 Å². The topological polar surface area (TPSA) is 35.2 Å². The van der Waals surface area contributed by atoms with E-state index in [0.29, 0.717) is 0 Å².